The molecule has 0 saturated heterocycles. The number of amides is 2. The summed E-state index contributed by atoms with van der Waals surface area (Å²) in [6, 6.07) is -0.0668. The number of hydrogen-bond acceptors (Lipinski definition) is 3. The Labute approximate surface area is 85.4 Å². The van der Waals surface area contributed by atoms with Crippen molar-refractivity contribution >= 4 is 6.03 Å². The summed E-state index contributed by atoms with van der Waals surface area (Å²) >= 11 is 0. The molecular weight excluding hydrogens is 184 g/mol. The van der Waals surface area contributed by atoms with Crippen molar-refractivity contribution in [3.63, 3.8) is 0 Å². The van der Waals surface area contributed by atoms with Crippen molar-refractivity contribution < 1.29 is 14.3 Å². The van der Waals surface area contributed by atoms with E-state index in [9.17, 15) is 4.79 Å². The van der Waals surface area contributed by atoms with Gasteiger partial charge in [-0.25, -0.2) is 4.79 Å². The highest BCUT2D eigenvalue weighted by atomic mass is 16.5. The van der Waals surface area contributed by atoms with E-state index in [1.807, 2.05) is 6.92 Å². The van der Waals surface area contributed by atoms with Crippen LogP contribution in [0.4, 0.5) is 4.79 Å². The summed E-state index contributed by atoms with van der Waals surface area (Å²) in [6.07, 6.45) is 0. The van der Waals surface area contributed by atoms with E-state index in [1.165, 1.54) is 0 Å². The summed E-state index contributed by atoms with van der Waals surface area (Å²) in [5, 5.41) is 2.73. The Morgan fingerprint density at radius 2 is 2.07 bits per heavy atom. The molecule has 0 aromatic heterocycles. The molecule has 0 rings (SSSR count). The monoisotopic (exact) mass is 204 g/mol. The van der Waals surface area contributed by atoms with Crippen molar-refractivity contribution in [2.75, 3.05) is 47.1 Å². The summed E-state index contributed by atoms with van der Waals surface area (Å²) < 4.78 is 9.98. The van der Waals surface area contributed by atoms with Crippen LogP contribution in [0.2, 0.25) is 0 Å². The van der Waals surface area contributed by atoms with Gasteiger partial charge in [-0.3, -0.25) is 0 Å². The topological polar surface area (TPSA) is 50.8 Å². The molecule has 5 heteroatoms. The average Bonchev–Trinajstić information content (AvgIpc) is 2.21. The first kappa shape index (κ1) is 13.2. The van der Waals surface area contributed by atoms with Gasteiger partial charge in [0.25, 0.3) is 0 Å². The van der Waals surface area contributed by atoms with Gasteiger partial charge in [0.2, 0.25) is 0 Å². The molecule has 0 aromatic carbocycles. The SMILES string of the molecule is CCN(C)C(=O)NCCOCCOC. The lowest BCUT2D eigenvalue weighted by Crippen LogP contribution is -2.38. The van der Waals surface area contributed by atoms with Crippen molar-refractivity contribution in [2.24, 2.45) is 0 Å². The van der Waals surface area contributed by atoms with Crippen molar-refractivity contribution in [3.8, 4) is 0 Å². The van der Waals surface area contributed by atoms with E-state index in [-0.39, 0.29) is 6.03 Å². The lowest BCUT2D eigenvalue weighted by atomic mass is 10.6. The third-order valence-corrected chi connectivity index (χ3v) is 1.78. The Balaban J connectivity index is 3.23. The van der Waals surface area contributed by atoms with Gasteiger partial charge in [-0.15, -0.1) is 0 Å². The molecule has 0 aliphatic carbocycles. The second-order valence-corrected chi connectivity index (χ2v) is 2.85. The highest BCUT2D eigenvalue weighted by Crippen LogP contribution is 1.82. The second-order valence-electron chi connectivity index (χ2n) is 2.85. The zero-order chi connectivity index (χ0) is 10.8. The molecular formula is C9H20N2O3. The Bertz CT molecular complexity index is 153. The van der Waals surface area contributed by atoms with Crippen LogP contribution in [0.5, 0.6) is 0 Å². The number of ether oxygens (including phenoxy) is 2. The Hall–Kier alpha value is -0.810. The third kappa shape index (κ3) is 6.68. The predicted octanol–water partition coefficient (Wildman–Crippen LogP) is 0.311. The number of rotatable bonds is 7. The largest absolute Gasteiger partial charge is 0.382 e. The maximum atomic E-state index is 11.2. The van der Waals surface area contributed by atoms with E-state index >= 15 is 0 Å². The van der Waals surface area contributed by atoms with E-state index < -0.39 is 0 Å². The minimum Gasteiger partial charge on any atom is -0.382 e. The summed E-state index contributed by atoms with van der Waals surface area (Å²) in [7, 11) is 3.38. The van der Waals surface area contributed by atoms with Crippen molar-refractivity contribution in [2.45, 2.75) is 6.92 Å². The summed E-state index contributed by atoms with van der Waals surface area (Å²) in [6.45, 7) is 4.84. The van der Waals surface area contributed by atoms with E-state index in [2.05, 4.69) is 5.32 Å². The predicted molar refractivity (Wildman–Crippen MR) is 54.4 cm³/mol. The minimum absolute atomic E-state index is 0.0668. The summed E-state index contributed by atoms with van der Waals surface area (Å²) in [5.74, 6) is 0. The molecule has 14 heavy (non-hydrogen) atoms. The molecule has 2 amide bonds. The zero-order valence-electron chi connectivity index (χ0n) is 9.21. The van der Waals surface area contributed by atoms with Crippen LogP contribution in [0.1, 0.15) is 6.92 Å². The van der Waals surface area contributed by atoms with Crippen LogP contribution in [0, 0.1) is 0 Å². The molecule has 0 unspecified atom stereocenters. The maximum absolute atomic E-state index is 11.2. The van der Waals surface area contributed by atoms with Crippen molar-refractivity contribution in [3.05, 3.63) is 0 Å². The highest BCUT2D eigenvalue weighted by Gasteiger charge is 2.03. The van der Waals surface area contributed by atoms with Crippen LogP contribution in [0.15, 0.2) is 0 Å². The van der Waals surface area contributed by atoms with Crippen LogP contribution >= 0.6 is 0 Å². The number of nitrogens with zero attached hydrogens (tertiary/aromatic N) is 1. The molecule has 0 aromatic rings. The Morgan fingerprint density at radius 1 is 1.36 bits per heavy atom. The molecule has 0 saturated carbocycles. The molecule has 0 aliphatic rings. The molecule has 0 fully saturated rings. The number of urea groups is 1. The molecule has 0 radical (unpaired) electrons. The zero-order valence-corrected chi connectivity index (χ0v) is 9.21. The Morgan fingerprint density at radius 3 is 2.64 bits per heavy atom. The van der Waals surface area contributed by atoms with E-state index in [0.29, 0.717) is 32.9 Å². The van der Waals surface area contributed by atoms with Gasteiger partial charge < -0.3 is 19.7 Å². The second kappa shape index (κ2) is 8.77. The number of carbonyl (C=O) groups excluding carboxylic acids is 1. The lowest BCUT2D eigenvalue weighted by molar-refractivity contribution is 0.0722. The third-order valence-electron chi connectivity index (χ3n) is 1.78. The van der Waals surface area contributed by atoms with Gasteiger partial charge in [0, 0.05) is 27.2 Å². The van der Waals surface area contributed by atoms with E-state index in [1.54, 1.807) is 19.1 Å². The number of nitrogens with one attached hydrogen (secondary N) is 1. The Kier molecular flexibility index (Phi) is 8.27. The quantitative estimate of drug-likeness (QED) is 0.607. The molecule has 5 nitrogen and oxygen atoms in total. The van der Waals surface area contributed by atoms with Gasteiger partial charge in [-0.2, -0.15) is 0 Å². The highest BCUT2D eigenvalue weighted by molar-refractivity contribution is 5.73. The maximum Gasteiger partial charge on any atom is 0.317 e. The molecule has 1 N–H and O–H groups in total. The fraction of sp³-hybridized carbons (Fsp3) is 0.889. The molecule has 0 aliphatic heterocycles. The van der Waals surface area contributed by atoms with Gasteiger partial charge in [0.15, 0.2) is 0 Å². The van der Waals surface area contributed by atoms with Gasteiger partial charge in [0.1, 0.15) is 0 Å². The number of methoxy groups -OCH3 is 1. The molecule has 84 valence electrons. The fourth-order valence-electron chi connectivity index (χ4n) is 0.753. The number of carbonyl (C=O) groups is 1. The van der Waals surface area contributed by atoms with Crippen LogP contribution in [0.25, 0.3) is 0 Å². The molecule has 0 atom stereocenters. The number of hydrogen-bond donors (Lipinski definition) is 1. The summed E-state index contributed by atoms with van der Waals surface area (Å²) in [4.78, 5) is 12.8. The van der Waals surface area contributed by atoms with E-state index in [0.717, 1.165) is 0 Å². The first-order valence-corrected chi connectivity index (χ1v) is 4.78. The fourth-order valence-corrected chi connectivity index (χ4v) is 0.753. The lowest BCUT2D eigenvalue weighted by Gasteiger charge is -2.15. The molecule has 0 spiro atoms. The van der Waals surface area contributed by atoms with Crippen LogP contribution < -0.4 is 5.32 Å². The van der Waals surface area contributed by atoms with Crippen molar-refractivity contribution in [1.82, 2.24) is 10.2 Å². The van der Waals surface area contributed by atoms with Crippen LogP contribution in [-0.4, -0.2) is 58.0 Å². The van der Waals surface area contributed by atoms with Crippen molar-refractivity contribution in [1.29, 1.82) is 0 Å². The van der Waals surface area contributed by atoms with Gasteiger partial charge in [-0.1, -0.05) is 0 Å². The van der Waals surface area contributed by atoms with Gasteiger partial charge in [0.05, 0.1) is 19.8 Å². The van der Waals surface area contributed by atoms with Gasteiger partial charge >= 0.3 is 6.03 Å². The van der Waals surface area contributed by atoms with Gasteiger partial charge in [-0.05, 0) is 6.92 Å². The van der Waals surface area contributed by atoms with E-state index in [4.69, 9.17) is 9.47 Å². The van der Waals surface area contributed by atoms with Crippen LogP contribution in [-0.2, 0) is 9.47 Å². The molecule has 0 bridgehead atoms. The summed E-state index contributed by atoms with van der Waals surface area (Å²) in [5.41, 5.74) is 0. The molecule has 0 heterocycles. The smallest absolute Gasteiger partial charge is 0.317 e. The normalized spacial score (nSPS) is 9.93. The first-order valence-electron chi connectivity index (χ1n) is 4.78. The van der Waals surface area contributed by atoms with Crippen LogP contribution in [0.3, 0.4) is 0 Å². The average molecular weight is 204 g/mol. The standard InChI is InChI=1S/C9H20N2O3/c1-4-11(2)9(12)10-5-6-14-8-7-13-3/h4-8H2,1-3H3,(H,10,12). The minimum atomic E-state index is -0.0668. The first-order chi connectivity index (χ1) is 6.72.